The second-order valence-corrected chi connectivity index (χ2v) is 15.5. The Bertz CT molecular complexity index is 868. The summed E-state index contributed by atoms with van der Waals surface area (Å²) >= 11 is 0. The summed E-state index contributed by atoms with van der Waals surface area (Å²) in [4.78, 5) is 12.9. The monoisotopic (exact) mass is 474 g/mol. The molecule has 0 aromatic rings. The quantitative estimate of drug-likeness (QED) is 0.418. The number of hydrogen-bond donors (Lipinski definition) is 3. The molecule has 5 aliphatic rings. The third-order valence-electron chi connectivity index (χ3n) is 14.0. The van der Waals surface area contributed by atoms with Crippen LogP contribution in [0.1, 0.15) is 113 Å². The van der Waals surface area contributed by atoms with Crippen molar-refractivity contribution in [2.75, 3.05) is 0 Å². The van der Waals surface area contributed by atoms with Gasteiger partial charge in [-0.05, 0) is 115 Å². The van der Waals surface area contributed by atoms with Gasteiger partial charge in [0.25, 0.3) is 0 Å². The van der Waals surface area contributed by atoms with Gasteiger partial charge < -0.3 is 15.3 Å². The van der Waals surface area contributed by atoms with Crippen molar-refractivity contribution >= 4 is 5.97 Å². The zero-order valence-electron chi connectivity index (χ0n) is 22.8. The molecule has 5 fully saturated rings. The smallest absolute Gasteiger partial charge is 0.309 e. The summed E-state index contributed by atoms with van der Waals surface area (Å²) < 4.78 is 0. The molecule has 4 heteroatoms. The fourth-order valence-corrected chi connectivity index (χ4v) is 11.3. The summed E-state index contributed by atoms with van der Waals surface area (Å²) in [7, 11) is 0. The maximum absolute atomic E-state index is 12.9. The van der Waals surface area contributed by atoms with E-state index in [2.05, 4.69) is 48.5 Å². The Morgan fingerprint density at radius 3 is 1.97 bits per heavy atom. The molecule has 34 heavy (non-hydrogen) atoms. The van der Waals surface area contributed by atoms with Gasteiger partial charge in [-0.25, -0.2) is 0 Å². The maximum atomic E-state index is 12.9. The topological polar surface area (TPSA) is 77.8 Å². The molecule has 5 saturated carbocycles. The second kappa shape index (κ2) is 7.24. The maximum Gasteiger partial charge on any atom is 0.309 e. The van der Waals surface area contributed by atoms with Gasteiger partial charge in [-0.3, -0.25) is 4.79 Å². The normalized spacial score (nSPS) is 58.6. The number of aliphatic hydroxyl groups is 2. The largest absolute Gasteiger partial charge is 0.481 e. The minimum atomic E-state index is -0.630. The molecule has 0 aromatic heterocycles. The van der Waals surface area contributed by atoms with Crippen LogP contribution in [0.3, 0.4) is 0 Å². The van der Waals surface area contributed by atoms with E-state index in [-0.39, 0.29) is 38.9 Å². The molecule has 11 atom stereocenters. The van der Waals surface area contributed by atoms with Gasteiger partial charge in [-0.15, -0.1) is 0 Å². The Kier molecular flexibility index (Phi) is 5.34. The molecule has 0 bridgehead atoms. The molecule has 0 aliphatic heterocycles. The molecule has 0 amide bonds. The minimum Gasteiger partial charge on any atom is -0.481 e. The Labute approximate surface area is 207 Å². The van der Waals surface area contributed by atoms with E-state index in [0.29, 0.717) is 18.3 Å². The summed E-state index contributed by atoms with van der Waals surface area (Å²) in [6.07, 6.45) is 8.63. The lowest BCUT2D eigenvalue weighted by Crippen LogP contribution is -2.69. The molecule has 194 valence electrons. The van der Waals surface area contributed by atoms with E-state index in [1.54, 1.807) is 0 Å². The highest BCUT2D eigenvalue weighted by atomic mass is 16.4. The first-order chi connectivity index (χ1) is 15.6. The molecule has 0 spiro atoms. The predicted molar refractivity (Wildman–Crippen MR) is 134 cm³/mol. The van der Waals surface area contributed by atoms with E-state index in [4.69, 9.17) is 0 Å². The number of hydrogen-bond acceptors (Lipinski definition) is 3. The highest BCUT2D eigenvalue weighted by Crippen LogP contribution is 2.78. The van der Waals surface area contributed by atoms with Crippen LogP contribution < -0.4 is 0 Å². The summed E-state index contributed by atoms with van der Waals surface area (Å²) in [5.41, 5.74) is -0.0270. The second-order valence-electron chi connectivity index (χ2n) is 15.5. The molecular weight excluding hydrogens is 424 g/mol. The van der Waals surface area contributed by atoms with Crippen LogP contribution in [0, 0.1) is 56.2 Å². The molecule has 3 N–H and O–H groups in total. The van der Waals surface area contributed by atoms with Crippen LogP contribution in [0.5, 0.6) is 0 Å². The van der Waals surface area contributed by atoms with Gasteiger partial charge in [0, 0.05) is 0 Å². The first kappa shape index (κ1) is 25.1. The van der Waals surface area contributed by atoms with E-state index in [9.17, 15) is 20.1 Å². The highest BCUT2D eigenvalue weighted by Gasteiger charge is 2.73. The van der Waals surface area contributed by atoms with Crippen molar-refractivity contribution in [3.8, 4) is 0 Å². The third kappa shape index (κ3) is 2.88. The van der Waals surface area contributed by atoms with Gasteiger partial charge in [0.15, 0.2) is 0 Å². The summed E-state index contributed by atoms with van der Waals surface area (Å²) in [6.45, 7) is 16.8. The minimum absolute atomic E-state index is 0.0255. The standard InChI is InChI=1S/C30H50O4/c1-18-23(32)19(31)16-21-26(18,4)9-8-20-27(21,5)11-12-29(7)22-17-25(2,3)10-14-30(22,24(33)34)15-13-28(20,29)6/h18-23,31-32H,8-17H2,1-7H3,(H,33,34). The Hall–Kier alpha value is -0.610. The average molecular weight is 475 g/mol. The van der Waals surface area contributed by atoms with E-state index in [1.165, 1.54) is 6.42 Å². The van der Waals surface area contributed by atoms with E-state index >= 15 is 0 Å². The predicted octanol–water partition coefficient (Wildman–Crippen LogP) is 6.28. The Morgan fingerprint density at radius 1 is 0.735 bits per heavy atom. The van der Waals surface area contributed by atoms with Gasteiger partial charge in [0.05, 0.1) is 17.6 Å². The zero-order valence-corrected chi connectivity index (χ0v) is 22.8. The highest BCUT2D eigenvalue weighted by molar-refractivity contribution is 5.76. The van der Waals surface area contributed by atoms with Gasteiger partial charge in [-0.2, -0.15) is 0 Å². The number of carboxylic acid groups (broad SMARTS) is 1. The Morgan fingerprint density at radius 2 is 1.32 bits per heavy atom. The third-order valence-corrected chi connectivity index (χ3v) is 14.0. The van der Waals surface area contributed by atoms with Gasteiger partial charge >= 0.3 is 5.97 Å². The molecule has 11 unspecified atom stereocenters. The van der Waals surface area contributed by atoms with Crippen molar-refractivity contribution in [3.63, 3.8) is 0 Å². The van der Waals surface area contributed by atoms with Gasteiger partial charge in [0.2, 0.25) is 0 Å². The summed E-state index contributed by atoms with van der Waals surface area (Å²) in [5, 5.41) is 32.2. The lowest BCUT2D eigenvalue weighted by Gasteiger charge is -2.74. The molecular formula is C30H50O4. The van der Waals surface area contributed by atoms with Crippen molar-refractivity contribution in [1.29, 1.82) is 0 Å². The zero-order chi connectivity index (χ0) is 25.1. The van der Waals surface area contributed by atoms with Crippen LogP contribution in [0.25, 0.3) is 0 Å². The SMILES string of the molecule is CC1C(O)C(O)CC2C1(C)CCC1C2(C)CCC2(C)C3CC(C)(C)CCC3(C(=O)O)CCC12C. The fourth-order valence-electron chi connectivity index (χ4n) is 11.3. The average Bonchev–Trinajstić information content (AvgIpc) is 2.75. The first-order valence-electron chi connectivity index (χ1n) is 14.2. The summed E-state index contributed by atoms with van der Waals surface area (Å²) in [6, 6.07) is 0. The molecule has 5 rings (SSSR count). The number of fused-ring (bicyclic) bond motifs is 7. The lowest BCUT2D eigenvalue weighted by molar-refractivity contribution is -0.272. The van der Waals surface area contributed by atoms with E-state index < -0.39 is 23.6 Å². The Balaban J connectivity index is 1.57. The number of aliphatic carboxylic acids is 1. The molecule has 0 heterocycles. The van der Waals surface area contributed by atoms with E-state index in [1.807, 2.05) is 0 Å². The van der Waals surface area contributed by atoms with Crippen molar-refractivity contribution in [1.82, 2.24) is 0 Å². The lowest BCUT2D eigenvalue weighted by atomic mass is 9.30. The van der Waals surface area contributed by atoms with Crippen LogP contribution in [-0.4, -0.2) is 33.5 Å². The van der Waals surface area contributed by atoms with Crippen LogP contribution in [0.4, 0.5) is 0 Å². The fraction of sp³-hybridized carbons (Fsp3) is 0.967. The summed E-state index contributed by atoms with van der Waals surface area (Å²) in [5.74, 6) is 0.741. The van der Waals surface area contributed by atoms with E-state index in [0.717, 1.165) is 51.4 Å². The van der Waals surface area contributed by atoms with Crippen LogP contribution >= 0.6 is 0 Å². The van der Waals surface area contributed by atoms with Gasteiger partial charge in [0.1, 0.15) is 0 Å². The van der Waals surface area contributed by atoms with Crippen LogP contribution in [0.15, 0.2) is 0 Å². The number of aliphatic hydroxyl groups excluding tert-OH is 2. The van der Waals surface area contributed by atoms with Gasteiger partial charge in [-0.1, -0.05) is 48.5 Å². The van der Waals surface area contributed by atoms with Crippen molar-refractivity contribution < 1.29 is 20.1 Å². The molecule has 0 saturated heterocycles. The van der Waals surface area contributed by atoms with Crippen LogP contribution in [0.2, 0.25) is 0 Å². The molecule has 0 aromatic carbocycles. The molecule has 4 nitrogen and oxygen atoms in total. The number of rotatable bonds is 1. The van der Waals surface area contributed by atoms with Crippen molar-refractivity contribution in [2.24, 2.45) is 56.2 Å². The first-order valence-corrected chi connectivity index (χ1v) is 14.2. The molecule has 0 radical (unpaired) electrons. The van der Waals surface area contributed by atoms with Crippen molar-refractivity contribution in [2.45, 2.75) is 125 Å². The number of carbonyl (C=O) groups is 1. The molecule has 5 aliphatic carbocycles. The number of carboxylic acids is 1. The van der Waals surface area contributed by atoms with Crippen LogP contribution in [-0.2, 0) is 4.79 Å². The van der Waals surface area contributed by atoms with Crippen molar-refractivity contribution in [3.05, 3.63) is 0 Å².